The van der Waals surface area contributed by atoms with Gasteiger partial charge in [0.2, 0.25) is 0 Å². The van der Waals surface area contributed by atoms with Crippen LogP contribution >= 0.6 is 0 Å². The van der Waals surface area contributed by atoms with E-state index in [1.807, 2.05) is 0 Å². The molecule has 0 aromatic carbocycles. The third kappa shape index (κ3) is 3.58. The zero-order valence-electron chi connectivity index (χ0n) is 13.1. The molecule has 0 unspecified atom stereocenters. The Morgan fingerprint density at radius 2 is 2.25 bits per heavy atom. The average Bonchev–Trinajstić information content (AvgIpc) is 3.04. The Morgan fingerprint density at radius 3 is 2.92 bits per heavy atom. The maximum Gasteiger partial charge on any atom is 0.331 e. The van der Waals surface area contributed by atoms with E-state index in [-0.39, 0.29) is 23.6 Å². The highest BCUT2D eigenvalue weighted by Crippen LogP contribution is 2.05. The summed E-state index contributed by atoms with van der Waals surface area (Å²) in [6.07, 6.45) is 1.14. The lowest BCUT2D eigenvalue weighted by atomic mass is 10.3. The smallest absolute Gasteiger partial charge is 0.331 e. The first kappa shape index (κ1) is 17.2. The summed E-state index contributed by atoms with van der Waals surface area (Å²) in [6.45, 7) is 0.615. The maximum atomic E-state index is 12.0. The van der Waals surface area contributed by atoms with Gasteiger partial charge in [0.25, 0.3) is 11.5 Å². The number of carbonyl (C=O) groups excluding carboxylic acids is 1. The lowest BCUT2D eigenvalue weighted by Crippen LogP contribution is -2.39. The fourth-order valence-corrected chi connectivity index (χ4v) is 1.94. The van der Waals surface area contributed by atoms with Gasteiger partial charge in [-0.3, -0.25) is 18.7 Å². The highest BCUT2D eigenvalue weighted by molar-refractivity contribution is 5.92. The molecule has 24 heavy (non-hydrogen) atoms. The molecule has 0 bridgehead atoms. The number of nitriles is 1. The highest BCUT2D eigenvalue weighted by Gasteiger charge is 2.14. The quantitative estimate of drug-likeness (QED) is 0.659. The minimum atomic E-state index is -0.672. The van der Waals surface area contributed by atoms with E-state index >= 15 is 0 Å². The first-order valence-electron chi connectivity index (χ1n) is 6.91. The number of hydrogen-bond donors (Lipinski definition) is 1. The van der Waals surface area contributed by atoms with Gasteiger partial charge < -0.3 is 14.6 Å². The predicted octanol–water partition coefficient (Wildman–Crippen LogP) is -1.17. The molecule has 10 heteroatoms. The summed E-state index contributed by atoms with van der Waals surface area (Å²) in [7, 11) is 2.79. The minimum absolute atomic E-state index is 0.0551. The number of nitrogens with zero attached hydrogens (tertiary/aromatic N) is 4. The van der Waals surface area contributed by atoms with Gasteiger partial charge in [-0.25, -0.2) is 4.79 Å². The van der Waals surface area contributed by atoms with Crippen molar-refractivity contribution in [2.24, 2.45) is 7.05 Å². The van der Waals surface area contributed by atoms with Crippen LogP contribution in [-0.2, 0) is 18.3 Å². The van der Waals surface area contributed by atoms with Gasteiger partial charge in [0.15, 0.2) is 11.5 Å². The molecule has 0 spiro atoms. The van der Waals surface area contributed by atoms with E-state index in [1.54, 1.807) is 6.07 Å². The van der Waals surface area contributed by atoms with E-state index in [1.165, 1.54) is 20.2 Å². The van der Waals surface area contributed by atoms with Crippen molar-refractivity contribution < 1.29 is 14.1 Å². The van der Waals surface area contributed by atoms with E-state index in [0.29, 0.717) is 13.2 Å². The molecule has 126 valence electrons. The van der Waals surface area contributed by atoms with E-state index in [2.05, 4.69) is 10.5 Å². The second kappa shape index (κ2) is 7.38. The van der Waals surface area contributed by atoms with Crippen LogP contribution in [0.1, 0.15) is 21.8 Å². The van der Waals surface area contributed by atoms with Crippen LogP contribution in [0.4, 0.5) is 0 Å². The van der Waals surface area contributed by atoms with Gasteiger partial charge >= 0.3 is 5.69 Å². The van der Waals surface area contributed by atoms with Crippen molar-refractivity contribution in [2.45, 2.75) is 6.54 Å². The molecule has 0 radical (unpaired) electrons. The van der Waals surface area contributed by atoms with Gasteiger partial charge in [0.1, 0.15) is 11.6 Å². The first-order chi connectivity index (χ1) is 11.5. The van der Waals surface area contributed by atoms with Crippen LogP contribution in [0.3, 0.4) is 0 Å². The Kier molecular flexibility index (Phi) is 5.28. The summed E-state index contributed by atoms with van der Waals surface area (Å²) in [5, 5.41) is 15.1. The Balaban J connectivity index is 2.20. The zero-order valence-corrected chi connectivity index (χ0v) is 13.1. The van der Waals surface area contributed by atoms with Gasteiger partial charge in [-0.15, -0.1) is 0 Å². The molecule has 10 nitrogen and oxygen atoms in total. The fourth-order valence-electron chi connectivity index (χ4n) is 1.94. The normalized spacial score (nSPS) is 10.4. The molecule has 2 aromatic heterocycles. The highest BCUT2D eigenvalue weighted by atomic mass is 16.5. The summed E-state index contributed by atoms with van der Waals surface area (Å²) in [6, 6.07) is 3.11. The third-order valence-electron chi connectivity index (χ3n) is 3.18. The topological polar surface area (TPSA) is 132 Å². The molecule has 0 aliphatic rings. The van der Waals surface area contributed by atoms with Crippen molar-refractivity contribution in [2.75, 3.05) is 20.3 Å². The van der Waals surface area contributed by atoms with Crippen LogP contribution in [0.5, 0.6) is 0 Å². The molecule has 0 atom stereocenters. The molecule has 0 saturated heterocycles. The maximum absolute atomic E-state index is 12.0. The van der Waals surface area contributed by atoms with Gasteiger partial charge in [-0.2, -0.15) is 5.26 Å². The summed E-state index contributed by atoms with van der Waals surface area (Å²) in [5.41, 5.74) is -1.40. The van der Waals surface area contributed by atoms with Crippen LogP contribution in [0, 0.1) is 11.3 Å². The number of nitrogens with one attached hydrogen (secondary N) is 1. The van der Waals surface area contributed by atoms with Crippen LogP contribution in [0.2, 0.25) is 0 Å². The summed E-state index contributed by atoms with van der Waals surface area (Å²) >= 11 is 0. The Hall–Kier alpha value is -3.19. The second-order valence-corrected chi connectivity index (χ2v) is 4.86. The fraction of sp³-hybridized carbons (Fsp3) is 0.357. The molecule has 1 amide bonds. The number of rotatable bonds is 6. The average molecular weight is 333 g/mol. The van der Waals surface area contributed by atoms with Crippen LogP contribution in [0.15, 0.2) is 26.4 Å². The lowest BCUT2D eigenvalue weighted by molar-refractivity contribution is 0.0928. The van der Waals surface area contributed by atoms with E-state index in [4.69, 9.17) is 14.5 Å². The van der Waals surface area contributed by atoms with Crippen molar-refractivity contribution in [3.8, 4) is 6.07 Å². The number of carbonyl (C=O) groups is 1. The summed E-state index contributed by atoms with van der Waals surface area (Å²) in [5.74, 6) is -0.205. The third-order valence-corrected chi connectivity index (χ3v) is 3.18. The molecule has 0 aliphatic carbocycles. The molecule has 0 aliphatic heterocycles. The number of methoxy groups -OCH3 is 1. The molecular weight excluding hydrogens is 318 g/mol. The van der Waals surface area contributed by atoms with E-state index in [0.717, 1.165) is 15.3 Å². The largest absolute Gasteiger partial charge is 0.383 e. The molecule has 2 aromatic rings. The van der Waals surface area contributed by atoms with Crippen molar-refractivity contribution >= 4 is 5.91 Å². The van der Waals surface area contributed by atoms with Gasteiger partial charge in [-0.05, 0) is 0 Å². The number of aromatic nitrogens is 3. The summed E-state index contributed by atoms with van der Waals surface area (Å²) in [4.78, 5) is 35.5. The number of amides is 1. The van der Waals surface area contributed by atoms with Crippen LogP contribution in [-0.4, -0.2) is 40.5 Å². The van der Waals surface area contributed by atoms with E-state index < -0.39 is 17.2 Å². The standard InChI is InChI=1S/C14H15N5O5/c1-18-13(21)9(6-15)7-19(14(18)22)8-10-5-11(17-24-10)12(20)16-3-4-23-2/h5,7H,3-4,8H2,1-2H3,(H,16,20). The molecule has 0 saturated carbocycles. The van der Waals surface area contributed by atoms with Gasteiger partial charge in [-0.1, -0.05) is 5.16 Å². The second-order valence-electron chi connectivity index (χ2n) is 4.86. The SMILES string of the molecule is COCCNC(=O)c1cc(Cn2cc(C#N)c(=O)n(C)c2=O)on1. The molecule has 2 heterocycles. The Labute approximate surface area is 135 Å². The van der Waals surface area contributed by atoms with Crippen molar-refractivity contribution in [1.82, 2.24) is 19.6 Å². The van der Waals surface area contributed by atoms with Crippen molar-refractivity contribution in [3.63, 3.8) is 0 Å². The number of hydrogen-bond acceptors (Lipinski definition) is 7. The Morgan fingerprint density at radius 1 is 1.50 bits per heavy atom. The van der Waals surface area contributed by atoms with Crippen molar-refractivity contribution in [3.05, 3.63) is 50.1 Å². The molecule has 1 N–H and O–H groups in total. The number of ether oxygens (including phenoxy) is 1. The van der Waals surface area contributed by atoms with E-state index in [9.17, 15) is 14.4 Å². The van der Waals surface area contributed by atoms with Crippen LogP contribution < -0.4 is 16.6 Å². The zero-order chi connectivity index (χ0) is 17.7. The van der Waals surface area contributed by atoms with Crippen LogP contribution in [0.25, 0.3) is 0 Å². The minimum Gasteiger partial charge on any atom is -0.383 e. The molecule has 2 rings (SSSR count). The van der Waals surface area contributed by atoms with Crippen molar-refractivity contribution in [1.29, 1.82) is 5.26 Å². The predicted molar refractivity (Wildman–Crippen MR) is 80.5 cm³/mol. The first-order valence-corrected chi connectivity index (χ1v) is 6.91. The lowest BCUT2D eigenvalue weighted by Gasteiger charge is -2.05. The van der Waals surface area contributed by atoms with Gasteiger partial charge in [0.05, 0.1) is 13.2 Å². The van der Waals surface area contributed by atoms with Gasteiger partial charge in [0, 0.05) is 33.0 Å². The molecular formula is C14H15N5O5. The molecule has 0 fully saturated rings. The Bertz CT molecular complexity index is 901. The monoisotopic (exact) mass is 333 g/mol. The summed E-state index contributed by atoms with van der Waals surface area (Å²) < 4.78 is 11.8.